The molecule has 0 radical (unpaired) electrons. The van der Waals surface area contributed by atoms with E-state index in [1.165, 1.54) is 23.6 Å². The normalized spacial score (nSPS) is 18.9. The van der Waals surface area contributed by atoms with Crippen LogP contribution in [0, 0.1) is 11.7 Å². The fourth-order valence-corrected chi connectivity index (χ4v) is 11.3. The first kappa shape index (κ1) is 39.7. The van der Waals surface area contributed by atoms with Gasteiger partial charge in [0.25, 0.3) is 11.5 Å². The molecule has 9 rings (SSSR count). The molecule has 6 heterocycles. The lowest BCUT2D eigenvalue weighted by molar-refractivity contribution is -0.172. The van der Waals surface area contributed by atoms with Crippen LogP contribution in [0.25, 0.3) is 32.5 Å². The largest absolute Gasteiger partial charge is 0.490 e. The summed E-state index contributed by atoms with van der Waals surface area (Å²) in [7, 11) is -3.51. The number of benzene rings is 2. The van der Waals surface area contributed by atoms with Crippen molar-refractivity contribution in [1.29, 1.82) is 0 Å². The fourth-order valence-electron chi connectivity index (χ4n) is 8.11. The monoisotopic (exact) mass is 858 g/mol. The van der Waals surface area contributed by atoms with Gasteiger partial charge in [-0.05, 0) is 61.9 Å². The van der Waals surface area contributed by atoms with Crippen molar-refractivity contribution in [2.24, 2.45) is 5.92 Å². The Balaban J connectivity index is 0.942. The van der Waals surface area contributed by atoms with Crippen LogP contribution in [0.1, 0.15) is 79.6 Å². The Morgan fingerprint density at radius 3 is 2.50 bits per heavy atom. The lowest BCUT2D eigenvalue weighted by Gasteiger charge is -2.31. The van der Waals surface area contributed by atoms with Crippen molar-refractivity contribution in [2.45, 2.75) is 93.8 Å². The maximum Gasteiger partial charge on any atom is 0.343 e. The van der Waals surface area contributed by atoms with E-state index in [0.29, 0.717) is 51.8 Å². The number of aromatic nitrogens is 3. The van der Waals surface area contributed by atoms with Gasteiger partial charge in [0.15, 0.2) is 17.2 Å². The highest BCUT2D eigenvalue weighted by atomic mass is 32.2. The van der Waals surface area contributed by atoms with E-state index in [1.54, 1.807) is 32.9 Å². The Labute approximate surface area is 345 Å². The molecule has 312 valence electrons. The first-order valence-corrected chi connectivity index (χ1v) is 21.9. The summed E-state index contributed by atoms with van der Waals surface area (Å²) >= 11 is 0.989. The summed E-state index contributed by atoms with van der Waals surface area (Å²) in [5.74, 6) is -4.12. The van der Waals surface area contributed by atoms with Crippen molar-refractivity contribution in [2.75, 3.05) is 11.9 Å². The number of fused-ring (bicyclic) bond motifs is 6. The molecule has 3 amide bonds. The van der Waals surface area contributed by atoms with Crippen molar-refractivity contribution in [3.8, 4) is 17.1 Å². The van der Waals surface area contributed by atoms with Crippen molar-refractivity contribution < 1.29 is 46.6 Å². The maximum absolute atomic E-state index is 16.0. The first-order valence-electron chi connectivity index (χ1n) is 19.6. The zero-order chi connectivity index (χ0) is 42.6. The van der Waals surface area contributed by atoms with Gasteiger partial charge < -0.3 is 35.1 Å². The number of sulfone groups is 1. The number of ether oxygens (including phenoxy) is 2. The molecule has 1 saturated carbocycles. The second-order valence-electron chi connectivity index (χ2n) is 15.9. The zero-order valence-electron chi connectivity index (χ0n) is 32.8. The molecule has 19 heteroatoms. The molecule has 5 aromatic rings. The highest BCUT2D eigenvalue weighted by Crippen LogP contribution is 2.46. The average Bonchev–Trinajstić information content (AvgIpc) is 3.90. The second-order valence-corrected chi connectivity index (χ2v) is 19.3. The molecule has 4 aliphatic rings. The molecule has 4 N–H and O–H groups in total. The Morgan fingerprint density at radius 1 is 1.02 bits per heavy atom. The van der Waals surface area contributed by atoms with Crippen LogP contribution < -0.4 is 26.2 Å². The summed E-state index contributed by atoms with van der Waals surface area (Å²) in [5.41, 5.74) is 0.646. The minimum atomic E-state index is -3.51. The first-order chi connectivity index (χ1) is 28.5. The number of hydrogen-bond acceptors (Lipinski definition) is 13. The number of amides is 3. The minimum absolute atomic E-state index is 0.00919. The van der Waals surface area contributed by atoms with Gasteiger partial charge in [-0.2, -0.15) is 0 Å². The lowest BCUT2D eigenvalue weighted by Crippen LogP contribution is -2.53. The van der Waals surface area contributed by atoms with Crippen LogP contribution in [0.5, 0.6) is 5.75 Å². The van der Waals surface area contributed by atoms with E-state index in [9.17, 15) is 37.5 Å². The molecular weight excluding hydrogens is 820 g/mol. The molecule has 0 saturated heterocycles. The van der Waals surface area contributed by atoms with Crippen molar-refractivity contribution in [1.82, 2.24) is 25.2 Å². The van der Waals surface area contributed by atoms with Crippen LogP contribution in [-0.4, -0.2) is 75.7 Å². The summed E-state index contributed by atoms with van der Waals surface area (Å²) in [6.45, 7) is 6.41. The van der Waals surface area contributed by atoms with E-state index in [2.05, 4.69) is 20.9 Å². The fraction of sp³-hybridized carbons (Fsp3) is 0.390. The Bertz CT molecular complexity index is 2920. The van der Waals surface area contributed by atoms with E-state index in [1.807, 2.05) is 0 Å². The summed E-state index contributed by atoms with van der Waals surface area (Å²) in [4.78, 5) is 75.9. The molecule has 0 spiro atoms. The average molecular weight is 859 g/mol. The SMILES string of the molecule is CC[C@@]1(O)C(=O)OCc2c1cc1n(c2=O)Cc2c-1nc1cc(F)c(NC(=O)[C@H](C)NC(=O)[C@@H](NC(=O)c3ccc4nc(S(=O)(=O)C5CC5)sc4c3)C(C)C)c3c1c2CCO3. The molecule has 3 aromatic heterocycles. The number of esters is 1. The number of hydrogen-bond donors (Lipinski definition) is 4. The standard InChI is InChI=1S/C41H39FN6O10S2/c1-5-41(54)24-13-28-32-22(15-48(28)38(52)23(24)16-58-39(41)53)21-10-11-57-34-30(21)27(44-32)14-25(42)33(34)47-35(49)18(4)43-37(51)31(17(2)3)46-36(50)19-6-9-26-29(12-19)59-40(45-26)60(55,56)20-7-8-20/h6,9,12-14,17-18,20,31,54H,5,7-8,10-11,15-16H2,1-4H3,(H,43,51)(H,46,50)(H,47,49)/t18-,31-,41-/m0/s1. The van der Waals surface area contributed by atoms with E-state index in [4.69, 9.17) is 14.5 Å². The third-order valence-electron chi connectivity index (χ3n) is 11.7. The molecule has 16 nitrogen and oxygen atoms in total. The molecular formula is C41H39FN6O10S2. The smallest absolute Gasteiger partial charge is 0.343 e. The molecule has 3 aliphatic heterocycles. The third kappa shape index (κ3) is 6.23. The van der Waals surface area contributed by atoms with Crippen molar-refractivity contribution in [3.63, 3.8) is 0 Å². The van der Waals surface area contributed by atoms with Gasteiger partial charge in [-0.25, -0.2) is 27.6 Å². The molecule has 60 heavy (non-hydrogen) atoms. The summed E-state index contributed by atoms with van der Waals surface area (Å²) < 4.78 is 54.6. The minimum Gasteiger partial charge on any atom is -0.490 e. The number of carbonyl (C=O) groups is 4. The molecule has 0 unspecified atom stereocenters. The number of carbonyl (C=O) groups excluding carboxylic acids is 4. The van der Waals surface area contributed by atoms with Gasteiger partial charge in [-0.15, -0.1) is 11.3 Å². The number of aliphatic hydroxyl groups is 1. The quantitative estimate of drug-likeness (QED) is 0.145. The Kier molecular flexibility index (Phi) is 9.36. The van der Waals surface area contributed by atoms with Gasteiger partial charge in [0.05, 0.1) is 51.1 Å². The molecule has 1 aliphatic carbocycles. The predicted octanol–water partition coefficient (Wildman–Crippen LogP) is 3.60. The number of cyclic esters (lactones) is 1. The molecule has 2 aromatic carbocycles. The van der Waals surface area contributed by atoms with Gasteiger partial charge in [0.1, 0.15) is 24.4 Å². The molecule has 3 atom stereocenters. The number of nitrogens with zero attached hydrogens (tertiary/aromatic N) is 3. The van der Waals surface area contributed by atoms with E-state index < -0.39 is 73.8 Å². The van der Waals surface area contributed by atoms with Crippen LogP contribution in [-0.2, 0) is 54.1 Å². The van der Waals surface area contributed by atoms with Crippen LogP contribution in [0.15, 0.2) is 39.5 Å². The number of halogens is 1. The van der Waals surface area contributed by atoms with E-state index in [0.717, 1.165) is 23.0 Å². The zero-order valence-corrected chi connectivity index (χ0v) is 34.4. The third-order valence-corrected chi connectivity index (χ3v) is 15.4. The van der Waals surface area contributed by atoms with Crippen LogP contribution in [0.2, 0.25) is 0 Å². The summed E-state index contributed by atoms with van der Waals surface area (Å²) in [6.07, 6.45) is 1.56. The number of anilines is 1. The summed E-state index contributed by atoms with van der Waals surface area (Å²) in [5, 5.41) is 19.2. The number of pyridine rings is 2. The maximum atomic E-state index is 16.0. The van der Waals surface area contributed by atoms with Crippen LogP contribution in [0.3, 0.4) is 0 Å². The topological polar surface area (TPSA) is 225 Å². The number of nitrogens with one attached hydrogen (secondary N) is 3. The van der Waals surface area contributed by atoms with Crippen molar-refractivity contribution in [3.05, 3.63) is 74.3 Å². The van der Waals surface area contributed by atoms with Gasteiger partial charge in [0.2, 0.25) is 26.0 Å². The van der Waals surface area contributed by atoms with Crippen LogP contribution in [0.4, 0.5) is 10.1 Å². The van der Waals surface area contributed by atoms with Gasteiger partial charge in [-0.1, -0.05) is 20.8 Å². The van der Waals surface area contributed by atoms with Crippen LogP contribution >= 0.6 is 11.3 Å². The second kappa shape index (κ2) is 14.2. The molecule has 1 fully saturated rings. The number of thiazole rings is 1. The van der Waals surface area contributed by atoms with Gasteiger partial charge >= 0.3 is 5.97 Å². The van der Waals surface area contributed by atoms with Gasteiger partial charge in [-0.3, -0.25) is 19.2 Å². The molecule has 0 bridgehead atoms. The van der Waals surface area contributed by atoms with Crippen molar-refractivity contribution >= 4 is 71.7 Å². The Hall–Kier alpha value is -5.79. The van der Waals surface area contributed by atoms with E-state index >= 15 is 4.39 Å². The van der Waals surface area contributed by atoms with E-state index in [-0.39, 0.29) is 64.2 Å². The van der Waals surface area contributed by atoms with Gasteiger partial charge in [0, 0.05) is 34.6 Å². The predicted molar refractivity (Wildman–Crippen MR) is 216 cm³/mol. The lowest BCUT2D eigenvalue weighted by atomic mass is 9.86. The highest BCUT2D eigenvalue weighted by Gasteiger charge is 2.46. The Morgan fingerprint density at radius 2 is 1.78 bits per heavy atom. The summed E-state index contributed by atoms with van der Waals surface area (Å²) in [6, 6.07) is 5.02. The highest BCUT2D eigenvalue weighted by molar-refractivity contribution is 7.94. The number of rotatable bonds is 10.